The molecule has 1 aromatic carbocycles. The largest absolute Gasteiger partial charge is 0.447 e. The van der Waals surface area contributed by atoms with Gasteiger partial charge in [-0.1, -0.05) is 5.16 Å². The van der Waals surface area contributed by atoms with Gasteiger partial charge in [-0.3, -0.25) is 9.80 Å². The molecule has 3 aromatic rings. The van der Waals surface area contributed by atoms with E-state index in [-0.39, 0.29) is 37.6 Å². The predicted molar refractivity (Wildman–Crippen MR) is 111 cm³/mol. The van der Waals surface area contributed by atoms with E-state index < -0.39 is 47.0 Å². The first-order chi connectivity index (χ1) is 16.4. The van der Waals surface area contributed by atoms with Gasteiger partial charge < -0.3 is 19.3 Å². The minimum atomic E-state index is -1.48. The molecule has 2 amide bonds. The van der Waals surface area contributed by atoms with Gasteiger partial charge in [-0.05, 0) is 12.1 Å². The van der Waals surface area contributed by atoms with Gasteiger partial charge in [0.2, 0.25) is 0 Å². The summed E-state index contributed by atoms with van der Waals surface area (Å²) in [6, 6.07) is 4.96. The molecule has 2 aromatic heterocycles. The fourth-order valence-electron chi connectivity index (χ4n) is 3.69. The van der Waals surface area contributed by atoms with Crippen LogP contribution in [0.3, 0.4) is 0 Å². The Morgan fingerprint density at radius 1 is 1.09 bits per heavy atom. The monoisotopic (exact) mass is 475 g/mol. The van der Waals surface area contributed by atoms with Gasteiger partial charge in [0.1, 0.15) is 30.6 Å². The van der Waals surface area contributed by atoms with Crippen molar-refractivity contribution in [3.63, 3.8) is 0 Å². The molecule has 1 N–H and O–H groups in total. The second-order valence-electron chi connectivity index (χ2n) is 7.43. The summed E-state index contributed by atoms with van der Waals surface area (Å²) in [6.45, 7) is 0.482. The van der Waals surface area contributed by atoms with Crippen molar-refractivity contribution in [2.45, 2.75) is 6.10 Å². The maximum Gasteiger partial charge on any atom is 0.415 e. The van der Waals surface area contributed by atoms with Crippen molar-refractivity contribution in [3.8, 4) is 11.1 Å². The lowest BCUT2D eigenvalue weighted by Crippen LogP contribution is -2.28. The minimum Gasteiger partial charge on any atom is -0.447 e. The van der Waals surface area contributed by atoms with Crippen LogP contribution in [0.25, 0.3) is 11.1 Å². The molecule has 1 atom stereocenters. The molecule has 2 aliphatic heterocycles. The topological polar surface area (TPSA) is 110 Å². The number of anilines is 3. The van der Waals surface area contributed by atoms with E-state index in [1.807, 2.05) is 0 Å². The number of benzene rings is 1. The zero-order valence-electron chi connectivity index (χ0n) is 17.3. The average molecular weight is 475 g/mol. The summed E-state index contributed by atoms with van der Waals surface area (Å²) in [6.07, 6.45) is 0.225. The zero-order valence-corrected chi connectivity index (χ0v) is 17.3. The summed E-state index contributed by atoms with van der Waals surface area (Å²) < 4.78 is 59.5. The Hall–Kier alpha value is -4.29. The number of carbonyl (C=O) groups excluding carboxylic acids is 2. The predicted octanol–water partition coefficient (Wildman–Crippen LogP) is 3.55. The molecular formula is C21H16F3N5O5. The van der Waals surface area contributed by atoms with Crippen LogP contribution in [0.2, 0.25) is 0 Å². The van der Waals surface area contributed by atoms with Crippen molar-refractivity contribution in [1.82, 2.24) is 10.1 Å². The van der Waals surface area contributed by atoms with Crippen molar-refractivity contribution >= 4 is 29.5 Å². The Balaban J connectivity index is 1.37. The highest BCUT2D eigenvalue weighted by molar-refractivity contribution is 5.91. The Bertz CT molecular complexity index is 1240. The van der Waals surface area contributed by atoms with E-state index in [9.17, 15) is 22.8 Å². The van der Waals surface area contributed by atoms with Crippen LogP contribution in [0, 0.1) is 17.5 Å². The van der Waals surface area contributed by atoms with E-state index in [4.69, 9.17) is 9.47 Å². The maximum atomic E-state index is 14.9. The molecule has 5 rings (SSSR count). The molecule has 2 aliphatic rings. The molecule has 2 fully saturated rings. The first kappa shape index (κ1) is 21.6. The highest BCUT2D eigenvalue weighted by atomic mass is 19.2. The molecule has 0 radical (unpaired) electrons. The number of halogens is 3. The number of rotatable bonds is 6. The highest BCUT2D eigenvalue weighted by Crippen LogP contribution is 2.35. The standard InChI is InChI=1S/C21H16F3N5O5/c22-13-7-14(29-10-12(34-21(29)31)9-25-15-3-5-33-27-15)18(23)19(24)17(13)11-1-2-16(26-8-11)28-4-6-32-20(28)30/h1-3,5,7-8,12H,4,6,9-10H2,(H,25,27)/t12-/m0/s1. The van der Waals surface area contributed by atoms with Gasteiger partial charge in [0.05, 0.1) is 30.9 Å². The molecule has 0 saturated carbocycles. The fraction of sp³-hybridized carbons (Fsp3) is 0.238. The molecule has 0 spiro atoms. The summed E-state index contributed by atoms with van der Waals surface area (Å²) in [5, 5.41) is 6.52. The third kappa shape index (κ3) is 3.84. The van der Waals surface area contributed by atoms with Gasteiger partial charge in [-0.25, -0.2) is 27.7 Å². The van der Waals surface area contributed by atoms with Crippen molar-refractivity contribution < 1.29 is 36.8 Å². The van der Waals surface area contributed by atoms with Crippen molar-refractivity contribution in [2.75, 3.05) is 41.4 Å². The van der Waals surface area contributed by atoms with Gasteiger partial charge in [0.15, 0.2) is 17.5 Å². The van der Waals surface area contributed by atoms with Crippen molar-refractivity contribution in [1.29, 1.82) is 0 Å². The number of ether oxygens (including phenoxy) is 2. The fourth-order valence-corrected chi connectivity index (χ4v) is 3.69. The van der Waals surface area contributed by atoms with Crippen LogP contribution in [-0.4, -0.2) is 54.7 Å². The first-order valence-electron chi connectivity index (χ1n) is 10.1. The van der Waals surface area contributed by atoms with Gasteiger partial charge in [-0.15, -0.1) is 0 Å². The summed E-state index contributed by atoms with van der Waals surface area (Å²) in [7, 11) is 0. The van der Waals surface area contributed by atoms with E-state index in [1.165, 1.54) is 23.3 Å². The molecule has 13 heteroatoms. The number of aromatic nitrogens is 2. The van der Waals surface area contributed by atoms with E-state index >= 15 is 0 Å². The minimum absolute atomic E-state index is 0.0459. The number of nitrogens with one attached hydrogen (secondary N) is 1. The third-order valence-electron chi connectivity index (χ3n) is 5.33. The van der Waals surface area contributed by atoms with Crippen LogP contribution >= 0.6 is 0 Å². The summed E-state index contributed by atoms with van der Waals surface area (Å²) in [5.41, 5.74) is -1.28. The van der Waals surface area contributed by atoms with Gasteiger partial charge in [-0.2, -0.15) is 0 Å². The van der Waals surface area contributed by atoms with Crippen LogP contribution in [0.1, 0.15) is 0 Å². The second-order valence-corrected chi connectivity index (χ2v) is 7.43. The number of carbonyl (C=O) groups is 2. The SMILES string of the molecule is O=C1OCCN1c1ccc(-c2c(F)cc(N3C[C@H](CNc4ccon4)OC3=O)c(F)c2F)cn1. The quantitative estimate of drug-likeness (QED) is 0.539. The Kier molecular flexibility index (Phi) is 5.43. The molecule has 10 nitrogen and oxygen atoms in total. The third-order valence-corrected chi connectivity index (χ3v) is 5.33. The van der Waals surface area contributed by atoms with Crippen molar-refractivity contribution in [3.05, 3.63) is 54.2 Å². The van der Waals surface area contributed by atoms with E-state index in [0.29, 0.717) is 5.82 Å². The van der Waals surface area contributed by atoms with Crippen LogP contribution in [0.15, 0.2) is 41.2 Å². The van der Waals surface area contributed by atoms with E-state index in [2.05, 4.69) is 20.0 Å². The number of cyclic esters (lactones) is 2. The number of nitrogens with zero attached hydrogens (tertiary/aromatic N) is 4. The highest BCUT2D eigenvalue weighted by Gasteiger charge is 2.36. The summed E-state index contributed by atoms with van der Waals surface area (Å²) in [5.74, 6) is -3.36. The molecule has 0 bridgehead atoms. The van der Waals surface area contributed by atoms with Gasteiger partial charge in [0, 0.05) is 23.9 Å². The lowest BCUT2D eigenvalue weighted by molar-refractivity contribution is 0.147. The number of hydrogen-bond donors (Lipinski definition) is 1. The molecule has 2 saturated heterocycles. The lowest BCUT2D eigenvalue weighted by Gasteiger charge is -2.17. The summed E-state index contributed by atoms with van der Waals surface area (Å²) in [4.78, 5) is 30.0. The second kappa shape index (κ2) is 8.57. The zero-order chi connectivity index (χ0) is 23.8. The Labute approximate surface area is 189 Å². The van der Waals surface area contributed by atoms with Crippen LogP contribution < -0.4 is 15.1 Å². The number of pyridine rings is 1. The van der Waals surface area contributed by atoms with Gasteiger partial charge >= 0.3 is 12.2 Å². The maximum absolute atomic E-state index is 14.9. The Morgan fingerprint density at radius 2 is 1.94 bits per heavy atom. The van der Waals surface area contributed by atoms with Crippen LogP contribution in [-0.2, 0) is 9.47 Å². The Morgan fingerprint density at radius 3 is 2.62 bits per heavy atom. The van der Waals surface area contributed by atoms with Crippen LogP contribution in [0.4, 0.5) is 40.1 Å². The number of amides is 2. The molecule has 34 heavy (non-hydrogen) atoms. The molecule has 176 valence electrons. The molecule has 0 aliphatic carbocycles. The van der Waals surface area contributed by atoms with Crippen LogP contribution in [0.5, 0.6) is 0 Å². The normalized spacial score (nSPS) is 17.8. The number of hydrogen-bond acceptors (Lipinski definition) is 8. The van der Waals surface area contributed by atoms with E-state index in [0.717, 1.165) is 17.2 Å². The average Bonchev–Trinajstić information content (AvgIpc) is 3.57. The smallest absolute Gasteiger partial charge is 0.415 e. The summed E-state index contributed by atoms with van der Waals surface area (Å²) >= 11 is 0. The molecule has 4 heterocycles. The van der Waals surface area contributed by atoms with Gasteiger partial charge in [0.25, 0.3) is 0 Å². The molecule has 0 unspecified atom stereocenters. The first-order valence-corrected chi connectivity index (χ1v) is 10.1. The van der Waals surface area contributed by atoms with Crippen molar-refractivity contribution in [2.24, 2.45) is 0 Å². The van der Waals surface area contributed by atoms with E-state index in [1.54, 1.807) is 6.07 Å². The lowest BCUT2D eigenvalue weighted by atomic mass is 10.0. The molecular weight excluding hydrogens is 459 g/mol.